The maximum atomic E-state index is 4.47. The van der Waals surface area contributed by atoms with Gasteiger partial charge in [0.25, 0.3) is 0 Å². The number of hydrogen-bond acceptors (Lipinski definition) is 4. The zero-order valence-electron chi connectivity index (χ0n) is 12.1. The Morgan fingerprint density at radius 2 is 1.60 bits per heavy atom. The molecule has 1 aliphatic heterocycles. The first-order valence-electron chi connectivity index (χ1n) is 7.09. The second-order valence-corrected chi connectivity index (χ2v) is 5.39. The number of pyridine rings is 2. The fraction of sp³-hybridized carbons (Fsp3) is 0.375. The molecule has 0 saturated carbocycles. The Kier molecular flexibility index (Phi) is 3.54. The van der Waals surface area contributed by atoms with Gasteiger partial charge in [0.05, 0.1) is 11.4 Å². The van der Waals surface area contributed by atoms with Gasteiger partial charge in [-0.2, -0.15) is 0 Å². The van der Waals surface area contributed by atoms with Crippen molar-refractivity contribution in [1.29, 1.82) is 0 Å². The van der Waals surface area contributed by atoms with Crippen molar-refractivity contribution in [2.75, 3.05) is 37.0 Å². The average Bonchev–Trinajstić information content (AvgIpc) is 3.02. The van der Waals surface area contributed by atoms with Crippen molar-refractivity contribution in [3.63, 3.8) is 0 Å². The van der Waals surface area contributed by atoms with Crippen LogP contribution in [0.5, 0.6) is 0 Å². The maximum Gasteiger partial charge on any atom is 0.0907 e. The molecule has 1 aliphatic rings. The molecule has 3 rings (SSSR count). The monoisotopic (exact) mass is 268 g/mol. The minimum absolute atomic E-state index is 0.928. The van der Waals surface area contributed by atoms with Crippen LogP contribution in [0.15, 0.2) is 36.7 Å². The Morgan fingerprint density at radius 1 is 0.950 bits per heavy atom. The summed E-state index contributed by atoms with van der Waals surface area (Å²) in [5.74, 6) is 0. The zero-order chi connectivity index (χ0) is 13.9. The fourth-order valence-electron chi connectivity index (χ4n) is 2.57. The molecule has 0 aromatic carbocycles. The quantitative estimate of drug-likeness (QED) is 0.857. The zero-order valence-corrected chi connectivity index (χ0v) is 12.1. The summed E-state index contributed by atoms with van der Waals surface area (Å²) in [5.41, 5.74) is 4.27. The Balaban J connectivity index is 1.93. The topological polar surface area (TPSA) is 32.3 Å². The van der Waals surface area contributed by atoms with Gasteiger partial charge in [-0.25, -0.2) is 0 Å². The molecule has 0 amide bonds. The largest absolute Gasteiger partial charge is 0.378 e. The number of nitrogens with zero attached hydrogens (tertiary/aromatic N) is 4. The van der Waals surface area contributed by atoms with E-state index in [1.165, 1.54) is 18.5 Å². The van der Waals surface area contributed by atoms with Gasteiger partial charge in [-0.15, -0.1) is 0 Å². The number of hydrogen-bond donors (Lipinski definition) is 0. The van der Waals surface area contributed by atoms with Gasteiger partial charge in [0.15, 0.2) is 0 Å². The van der Waals surface area contributed by atoms with Crippen LogP contribution in [0.2, 0.25) is 0 Å². The smallest absolute Gasteiger partial charge is 0.0907 e. The molecule has 0 unspecified atom stereocenters. The van der Waals surface area contributed by atoms with Gasteiger partial charge in [-0.1, -0.05) is 0 Å². The second kappa shape index (κ2) is 5.49. The summed E-state index contributed by atoms with van der Waals surface area (Å²) >= 11 is 0. The lowest BCUT2D eigenvalue weighted by atomic mass is 10.2. The molecule has 3 heterocycles. The fourth-order valence-corrected chi connectivity index (χ4v) is 2.57. The van der Waals surface area contributed by atoms with Crippen LogP contribution in [0.1, 0.15) is 12.8 Å². The molecule has 0 aliphatic carbocycles. The predicted molar refractivity (Wildman–Crippen MR) is 83.2 cm³/mol. The molecule has 104 valence electrons. The summed E-state index contributed by atoms with van der Waals surface area (Å²) < 4.78 is 0. The number of anilines is 2. The van der Waals surface area contributed by atoms with E-state index in [1.54, 1.807) is 0 Å². The highest BCUT2D eigenvalue weighted by Gasteiger charge is 2.13. The van der Waals surface area contributed by atoms with Crippen molar-refractivity contribution >= 4 is 11.4 Å². The maximum absolute atomic E-state index is 4.47. The van der Waals surface area contributed by atoms with E-state index >= 15 is 0 Å². The van der Waals surface area contributed by atoms with Crippen LogP contribution in [0.25, 0.3) is 11.4 Å². The first kappa shape index (κ1) is 12.9. The first-order valence-corrected chi connectivity index (χ1v) is 7.09. The molecule has 0 spiro atoms. The lowest BCUT2D eigenvalue weighted by Gasteiger charge is -2.18. The summed E-state index contributed by atoms with van der Waals surface area (Å²) in [4.78, 5) is 13.4. The highest BCUT2D eigenvalue weighted by atomic mass is 15.1. The highest BCUT2D eigenvalue weighted by molar-refractivity contribution is 5.65. The van der Waals surface area contributed by atoms with Crippen LogP contribution < -0.4 is 9.80 Å². The van der Waals surface area contributed by atoms with Gasteiger partial charge in [-0.05, 0) is 37.1 Å². The van der Waals surface area contributed by atoms with Crippen molar-refractivity contribution in [2.45, 2.75) is 12.8 Å². The van der Waals surface area contributed by atoms with Crippen LogP contribution in [0.4, 0.5) is 11.4 Å². The van der Waals surface area contributed by atoms with E-state index in [0.717, 1.165) is 30.2 Å². The molecule has 2 aromatic heterocycles. The van der Waals surface area contributed by atoms with Crippen LogP contribution in [-0.2, 0) is 0 Å². The predicted octanol–water partition coefficient (Wildman–Crippen LogP) is 2.81. The molecule has 20 heavy (non-hydrogen) atoms. The Morgan fingerprint density at radius 3 is 2.30 bits per heavy atom. The van der Waals surface area contributed by atoms with Gasteiger partial charge in [0.2, 0.25) is 0 Å². The SMILES string of the molecule is CN(C)c1ccnc(-c2cc(N3CCCC3)ccn2)c1. The molecule has 0 bridgehead atoms. The minimum Gasteiger partial charge on any atom is -0.378 e. The summed E-state index contributed by atoms with van der Waals surface area (Å²) in [6.07, 6.45) is 6.29. The Hall–Kier alpha value is -2.10. The van der Waals surface area contributed by atoms with Gasteiger partial charge in [-0.3, -0.25) is 9.97 Å². The Bertz CT molecular complexity index is 589. The van der Waals surface area contributed by atoms with E-state index in [4.69, 9.17) is 0 Å². The number of rotatable bonds is 3. The van der Waals surface area contributed by atoms with Crippen LogP contribution >= 0.6 is 0 Å². The van der Waals surface area contributed by atoms with Gasteiger partial charge in [0.1, 0.15) is 0 Å². The van der Waals surface area contributed by atoms with E-state index in [-0.39, 0.29) is 0 Å². The summed E-state index contributed by atoms with van der Waals surface area (Å²) in [7, 11) is 4.07. The second-order valence-electron chi connectivity index (χ2n) is 5.39. The van der Waals surface area contributed by atoms with Crippen molar-refractivity contribution < 1.29 is 0 Å². The molecule has 0 N–H and O–H groups in total. The molecule has 1 fully saturated rings. The summed E-state index contributed by atoms with van der Waals surface area (Å²) in [6, 6.07) is 8.32. The molecule has 2 aromatic rings. The van der Waals surface area contributed by atoms with Crippen LogP contribution in [0, 0.1) is 0 Å². The van der Waals surface area contributed by atoms with E-state index in [2.05, 4.69) is 38.0 Å². The molecule has 4 heteroatoms. The van der Waals surface area contributed by atoms with Crippen molar-refractivity contribution in [3.8, 4) is 11.4 Å². The third-order valence-corrected chi connectivity index (χ3v) is 3.74. The minimum atomic E-state index is 0.928. The first-order chi connectivity index (χ1) is 9.74. The standard InChI is InChI=1S/C16H20N4/c1-19(2)13-5-7-17-15(11-13)16-12-14(6-8-18-16)20-9-3-4-10-20/h5-8,11-12H,3-4,9-10H2,1-2H3. The normalized spacial score (nSPS) is 14.6. The molecule has 1 saturated heterocycles. The third-order valence-electron chi connectivity index (χ3n) is 3.74. The van der Waals surface area contributed by atoms with E-state index in [9.17, 15) is 0 Å². The Labute approximate surface area is 120 Å². The summed E-state index contributed by atoms with van der Waals surface area (Å²) in [6.45, 7) is 2.29. The number of aromatic nitrogens is 2. The lowest BCUT2D eigenvalue weighted by molar-refractivity contribution is 0.949. The molecule has 4 nitrogen and oxygen atoms in total. The van der Waals surface area contributed by atoms with E-state index in [1.807, 2.05) is 32.6 Å². The molecular weight excluding hydrogens is 248 g/mol. The van der Waals surface area contributed by atoms with E-state index in [0.29, 0.717) is 0 Å². The van der Waals surface area contributed by atoms with Crippen LogP contribution in [-0.4, -0.2) is 37.2 Å². The van der Waals surface area contributed by atoms with Crippen molar-refractivity contribution in [2.24, 2.45) is 0 Å². The molecular formula is C16H20N4. The highest BCUT2D eigenvalue weighted by Crippen LogP contribution is 2.25. The van der Waals surface area contributed by atoms with Gasteiger partial charge in [0, 0.05) is 51.0 Å². The molecule has 0 radical (unpaired) electrons. The van der Waals surface area contributed by atoms with Gasteiger partial charge >= 0.3 is 0 Å². The average molecular weight is 268 g/mol. The van der Waals surface area contributed by atoms with Crippen LogP contribution in [0.3, 0.4) is 0 Å². The lowest BCUT2D eigenvalue weighted by Crippen LogP contribution is -2.17. The van der Waals surface area contributed by atoms with E-state index < -0.39 is 0 Å². The molecule has 0 atom stereocenters. The van der Waals surface area contributed by atoms with Gasteiger partial charge < -0.3 is 9.80 Å². The van der Waals surface area contributed by atoms with Crippen molar-refractivity contribution in [3.05, 3.63) is 36.7 Å². The third kappa shape index (κ3) is 2.59. The van der Waals surface area contributed by atoms with Crippen molar-refractivity contribution in [1.82, 2.24) is 9.97 Å². The summed E-state index contributed by atoms with van der Waals surface area (Å²) in [5, 5.41) is 0.